The van der Waals surface area contributed by atoms with Crippen LogP contribution in [0.25, 0.3) is 16.8 Å². The summed E-state index contributed by atoms with van der Waals surface area (Å²) in [6.45, 7) is 0.175. The molecule has 0 radical (unpaired) electrons. The van der Waals surface area contributed by atoms with Gasteiger partial charge in [0.1, 0.15) is 0 Å². The Morgan fingerprint density at radius 1 is 0.947 bits per heavy atom. The van der Waals surface area contributed by atoms with Crippen LogP contribution in [0.2, 0.25) is 10.0 Å². The van der Waals surface area contributed by atoms with Crippen molar-refractivity contribution in [3.05, 3.63) is 111 Å². The van der Waals surface area contributed by atoms with Crippen LogP contribution in [0.1, 0.15) is 21.5 Å². The van der Waals surface area contributed by atoms with Crippen LogP contribution in [0.5, 0.6) is 11.5 Å². The number of rotatable bonds is 6. The summed E-state index contributed by atoms with van der Waals surface area (Å²) < 4.78 is 10.9. The number of imide groups is 1. The summed E-state index contributed by atoms with van der Waals surface area (Å²) in [6, 6.07) is 22.9. The molecule has 2 amide bonds. The van der Waals surface area contributed by atoms with Gasteiger partial charge in [-0.05, 0) is 70.1 Å². The zero-order valence-corrected chi connectivity index (χ0v) is 22.3. The Morgan fingerprint density at radius 3 is 2.53 bits per heavy atom. The third-order valence-corrected chi connectivity index (χ3v) is 7.38. The lowest BCUT2D eigenvalue weighted by Crippen LogP contribution is -2.27. The first-order valence-corrected chi connectivity index (χ1v) is 13.0. The van der Waals surface area contributed by atoms with Crippen molar-refractivity contribution < 1.29 is 23.9 Å². The van der Waals surface area contributed by atoms with Crippen molar-refractivity contribution in [2.75, 3.05) is 7.11 Å². The Morgan fingerprint density at radius 2 is 1.74 bits per heavy atom. The maximum Gasteiger partial charge on any atom is 0.345 e. The highest BCUT2D eigenvalue weighted by Gasteiger charge is 2.35. The van der Waals surface area contributed by atoms with E-state index in [-0.39, 0.29) is 44.7 Å². The molecule has 1 aliphatic heterocycles. The van der Waals surface area contributed by atoms with Crippen molar-refractivity contribution in [3.8, 4) is 11.5 Å². The van der Waals surface area contributed by atoms with E-state index < -0.39 is 5.97 Å². The van der Waals surface area contributed by atoms with Crippen molar-refractivity contribution >= 4 is 68.9 Å². The molecule has 0 aromatic heterocycles. The number of carbonyl (C=O) groups is 3. The summed E-state index contributed by atoms with van der Waals surface area (Å²) in [5.74, 6) is -0.607. The van der Waals surface area contributed by atoms with Crippen LogP contribution in [0.3, 0.4) is 0 Å². The van der Waals surface area contributed by atoms with Crippen molar-refractivity contribution in [2.45, 2.75) is 6.54 Å². The van der Waals surface area contributed by atoms with Crippen molar-refractivity contribution in [2.24, 2.45) is 0 Å². The molecule has 0 unspecified atom stereocenters. The lowest BCUT2D eigenvalue weighted by Gasteiger charge is -2.14. The van der Waals surface area contributed by atoms with Gasteiger partial charge in [0, 0.05) is 5.02 Å². The normalized spacial score (nSPS) is 14.4. The molecular formula is C29H19Cl2NO5S. The number of fused-ring (bicyclic) bond motifs is 1. The Hall–Kier alpha value is -3.78. The minimum atomic E-state index is -0.674. The molecule has 0 spiro atoms. The summed E-state index contributed by atoms with van der Waals surface area (Å²) in [6.07, 6.45) is 1.61. The Balaban J connectivity index is 1.35. The number of methoxy groups -OCH3 is 1. The number of nitrogens with zero attached hydrogens (tertiary/aromatic N) is 1. The molecule has 1 fully saturated rings. The summed E-state index contributed by atoms with van der Waals surface area (Å²) in [7, 11) is 1.43. The molecule has 1 heterocycles. The maximum atomic E-state index is 13.1. The number of carbonyl (C=O) groups excluding carboxylic acids is 3. The fourth-order valence-corrected chi connectivity index (χ4v) is 5.38. The van der Waals surface area contributed by atoms with E-state index in [2.05, 4.69) is 0 Å². The first-order valence-electron chi connectivity index (χ1n) is 11.4. The van der Waals surface area contributed by atoms with E-state index in [0.717, 1.165) is 28.1 Å². The lowest BCUT2D eigenvalue weighted by molar-refractivity contribution is -0.123. The fraction of sp³-hybridized carbons (Fsp3) is 0.0690. The van der Waals surface area contributed by atoms with Gasteiger partial charge in [-0.3, -0.25) is 14.5 Å². The third-order valence-electron chi connectivity index (χ3n) is 5.92. The van der Waals surface area contributed by atoms with E-state index in [0.29, 0.717) is 10.6 Å². The van der Waals surface area contributed by atoms with Gasteiger partial charge in [0.05, 0.1) is 29.1 Å². The lowest BCUT2D eigenvalue weighted by atomic mass is 10.0. The van der Waals surface area contributed by atoms with E-state index in [1.54, 1.807) is 24.3 Å². The van der Waals surface area contributed by atoms with Crippen LogP contribution < -0.4 is 9.47 Å². The molecule has 0 bridgehead atoms. The molecular weight excluding hydrogens is 545 g/mol. The zero-order valence-electron chi connectivity index (χ0n) is 19.9. The van der Waals surface area contributed by atoms with Gasteiger partial charge in [0.2, 0.25) is 0 Å². The summed E-state index contributed by atoms with van der Waals surface area (Å²) >= 11 is 12.9. The molecule has 1 saturated heterocycles. The molecule has 0 N–H and O–H groups in total. The molecule has 6 nitrogen and oxygen atoms in total. The highest BCUT2D eigenvalue weighted by Crippen LogP contribution is 2.36. The standard InChI is InChI=1S/C29H19Cl2NO5S/c1-36-25-13-17(9-12-24(25)37-28(34)22-11-10-20(30)15-23(22)31)14-26-27(33)32(29(35)38-26)16-19-7-4-6-18-5-2-3-8-21(18)19/h2-15H,16H2,1H3/b26-14-. The number of ether oxygens (including phenoxy) is 2. The van der Waals surface area contributed by atoms with Crippen LogP contribution in [0, 0.1) is 0 Å². The highest BCUT2D eigenvalue weighted by molar-refractivity contribution is 8.18. The van der Waals surface area contributed by atoms with Gasteiger partial charge in [-0.25, -0.2) is 4.79 Å². The zero-order chi connectivity index (χ0) is 26.8. The van der Waals surface area contributed by atoms with E-state index in [1.165, 1.54) is 30.2 Å². The van der Waals surface area contributed by atoms with Crippen LogP contribution in [-0.2, 0) is 11.3 Å². The SMILES string of the molecule is COc1cc(/C=C2\SC(=O)N(Cc3cccc4ccccc34)C2=O)ccc1OC(=O)c1ccc(Cl)cc1Cl. The third kappa shape index (κ3) is 5.27. The van der Waals surface area contributed by atoms with Gasteiger partial charge in [-0.15, -0.1) is 0 Å². The topological polar surface area (TPSA) is 72.9 Å². The molecule has 5 rings (SSSR count). The summed E-state index contributed by atoms with van der Waals surface area (Å²) in [5, 5.41) is 2.25. The first kappa shape index (κ1) is 25.9. The van der Waals surface area contributed by atoms with Crippen molar-refractivity contribution in [3.63, 3.8) is 0 Å². The molecule has 9 heteroatoms. The van der Waals surface area contributed by atoms with Crippen LogP contribution in [0.15, 0.2) is 83.8 Å². The fourth-order valence-electron chi connectivity index (χ4n) is 4.06. The van der Waals surface area contributed by atoms with Gasteiger partial charge < -0.3 is 9.47 Å². The van der Waals surface area contributed by atoms with E-state index in [9.17, 15) is 14.4 Å². The average molecular weight is 564 g/mol. The van der Waals surface area contributed by atoms with E-state index in [4.69, 9.17) is 32.7 Å². The monoisotopic (exact) mass is 563 g/mol. The Labute approximate surface area is 232 Å². The number of halogens is 2. The van der Waals surface area contributed by atoms with Gasteiger partial charge in [0.25, 0.3) is 11.1 Å². The average Bonchev–Trinajstić information content (AvgIpc) is 3.16. The molecule has 38 heavy (non-hydrogen) atoms. The van der Waals surface area contributed by atoms with Gasteiger partial charge in [-0.1, -0.05) is 71.7 Å². The minimum absolute atomic E-state index is 0.155. The number of amides is 2. The molecule has 0 aliphatic carbocycles. The van der Waals surface area contributed by atoms with Crippen molar-refractivity contribution in [1.29, 1.82) is 0 Å². The molecule has 1 aliphatic rings. The molecule has 4 aromatic rings. The summed E-state index contributed by atoms with van der Waals surface area (Å²) in [4.78, 5) is 40.0. The number of thioether (sulfide) groups is 1. The first-order chi connectivity index (χ1) is 18.3. The molecule has 190 valence electrons. The second kappa shape index (κ2) is 10.9. The van der Waals surface area contributed by atoms with Gasteiger partial charge in [0.15, 0.2) is 11.5 Å². The smallest absolute Gasteiger partial charge is 0.345 e. The quantitative estimate of drug-likeness (QED) is 0.136. The van der Waals surface area contributed by atoms with Crippen LogP contribution >= 0.6 is 35.0 Å². The molecule has 4 aromatic carbocycles. The van der Waals surface area contributed by atoms with Gasteiger partial charge in [-0.2, -0.15) is 0 Å². The summed E-state index contributed by atoms with van der Waals surface area (Å²) in [5.41, 5.74) is 1.64. The van der Waals surface area contributed by atoms with Crippen LogP contribution in [-0.4, -0.2) is 29.1 Å². The second-order valence-corrected chi connectivity index (χ2v) is 10.2. The number of benzene rings is 4. The Kier molecular flexibility index (Phi) is 7.42. The maximum absolute atomic E-state index is 13.1. The molecule has 0 saturated carbocycles. The molecule has 0 atom stereocenters. The largest absolute Gasteiger partial charge is 0.493 e. The predicted molar refractivity (Wildman–Crippen MR) is 150 cm³/mol. The number of esters is 1. The second-order valence-electron chi connectivity index (χ2n) is 8.33. The minimum Gasteiger partial charge on any atom is -0.493 e. The van der Waals surface area contributed by atoms with Crippen LogP contribution in [0.4, 0.5) is 4.79 Å². The van der Waals surface area contributed by atoms with E-state index >= 15 is 0 Å². The van der Waals surface area contributed by atoms with Crippen molar-refractivity contribution in [1.82, 2.24) is 4.90 Å². The highest BCUT2D eigenvalue weighted by atomic mass is 35.5. The predicted octanol–water partition coefficient (Wildman–Crippen LogP) is 7.61. The number of hydrogen-bond acceptors (Lipinski definition) is 6. The van der Waals surface area contributed by atoms with Gasteiger partial charge >= 0.3 is 5.97 Å². The number of hydrogen-bond donors (Lipinski definition) is 0. The van der Waals surface area contributed by atoms with E-state index in [1.807, 2.05) is 42.5 Å². The Bertz CT molecular complexity index is 1630.